The first-order valence-electron chi connectivity index (χ1n) is 8.11. The first-order chi connectivity index (χ1) is 11.3. The highest BCUT2D eigenvalue weighted by Crippen LogP contribution is 2.33. The number of carbonyl (C=O) groups is 1. The van der Waals surface area contributed by atoms with Crippen LogP contribution < -0.4 is 10.6 Å². The van der Waals surface area contributed by atoms with E-state index in [0.717, 1.165) is 12.1 Å². The summed E-state index contributed by atoms with van der Waals surface area (Å²) in [6, 6.07) is 6.06. The van der Waals surface area contributed by atoms with Crippen molar-refractivity contribution in [2.75, 3.05) is 5.32 Å². The second kappa shape index (κ2) is 6.33. The largest absolute Gasteiger partial charge is 0.303 e. The number of fused-ring (bicyclic) bond motifs is 1. The Hall–Kier alpha value is -1.86. The first-order valence-corrected chi connectivity index (χ1v) is 8.93. The van der Waals surface area contributed by atoms with Crippen molar-refractivity contribution in [3.63, 3.8) is 0 Å². The number of nitrogens with one attached hydrogen (secondary N) is 2. The lowest BCUT2D eigenvalue weighted by Crippen LogP contribution is -2.39. The summed E-state index contributed by atoms with van der Waals surface area (Å²) >= 11 is 1.35. The molecule has 1 aliphatic carbocycles. The average Bonchev–Trinajstić information content (AvgIpc) is 3.22. The molecular weight excluding hydrogens is 310 g/mol. The molecule has 1 saturated carbocycles. The minimum Gasteiger partial charge on any atom is -0.303 e. The van der Waals surface area contributed by atoms with Gasteiger partial charge in [0.2, 0.25) is 11.0 Å². The predicted octanol–water partition coefficient (Wildman–Crippen LogP) is 2.46. The number of rotatable bonds is 3. The Balaban J connectivity index is 1.41. The Morgan fingerprint density at radius 2 is 2.17 bits per heavy atom. The average molecular weight is 329 g/mol. The molecule has 0 bridgehead atoms. The van der Waals surface area contributed by atoms with Gasteiger partial charge >= 0.3 is 0 Å². The van der Waals surface area contributed by atoms with Crippen molar-refractivity contribution < 1.29 is 4.79 Å². The monoisotopic (exact) mass is 329 g/mol. The van der Waals surface area contributed by atoms with E-state index < -0.39 is 0 Å². The van der Waals surface area contributed by atoms with Gasteiger partial charge in [-0.25, -0.2) is 0 Å². The molecule has 23 heavy (non-hydrogen) atoms. The van der Waals surface area contributed by atoms with Crippen LogP contribution in [0.15, 0.2) is 24.4 Å². The van der Waals surface area contributed by atoms with Gasteiger partial charge in [-0.2, -0.15) is 0 Å². The van der Waals surface area contributed by atoms with Gasteiger partial charge in [0.05, 0.1) is 6.04 Å². The Bertz CT molecular complexity index is 675. The minimum absolute atomic E-state index is 0.00289. The SMILES string of the molecule is O=C(Nc1nnc(-c2ccccn2)s1)C1CC2CCCCC2N1. The quantitative estimate of drug-likeness (QED) is 0.904. The molecule has 3 heterocycles. The van der Waals surface area contributed by atoms with Crippen LogP contribution in [0.2, 0.25) is 0 Å². The summed E-state index contributed by atoms with van der Waals surface area (Å²) in [6.45, 7) is 0. The molecule has 1 amide bonds. The Kier molecular flexibility index (Phi) is 4.05. The second-order valence-corrected chi connectivity index (χ2v) is 7.20. The maximum absolute atomic E-state index is 12.5. The van der Waals surface area contributed by atoms with Gasteiger partial charge in [-0.15, -0.1) is 10.2 Å². The number of hydrogen-bond acceptors (Lipinski definition) is 6. The van der Waals surface area contributed by atoms with Gasteiger partial charge < -0.3 is 5.32 Å². The van der Waals surface area contributed by atoms with E-state index in [1.165, 1.54) is 37.0 Å². The molecular formula is C16H19N5OS. The van der Waals surface area contributed by atoms with Crippen molar-refractivity contribution in [2.24, 2.45) is 5.92 Å². The Morgan fingerprint density at radius 1 is 1.26 bits per heavy atom. The molecule has 120 valence electrons. The van der Waals surface area contributed by atoms with E-state index in [2.05, 4.69) is 25.8 Å². The van der Waals surface area contributed by atoms with Crippen LogP contribution in [0.4, 0.5) is 5.13 Å². The number of amides is 1. The summed E-state index contributed by atoms with van der Waals surface area (Å²) in [5.41, 5.74) is 0.774. The highest BCUT2D eigenvalue weighted by molar-refractivity contribution is 7.18. The van der Waals surface area contributed by atoms with Crippen LogP contribution in [-0.2, 0) is 4.79 Å². The van der Waals surface area contributed by atoms with Gasteiger partial charge in [-0.3, -0.25) is 15.1 Å². The van der Waals surface area contributed by atoms with E-state index in [4.69, 9.17) is 0 Å². The molecule has 2 fully saturated rings. The summed E-state index contributed by atoms with van der Waals surface area (Å²) in [5, 5.41) is 15.8. The molecule has 4 rings (SSSR count). The lowest BCUT2D eigenvalue weighted by molar-refractivity contribution is -0.117. The van der Waals surface area contributed by atoms with E-state index in [9.17, 15) is 4.79 Å². The molecule has 1 aliphatic heterocycles. The molecule has 0 spiro atoms. The highest BCUT2D eigenvalue weighted by atomic mass is 32.1. The molecule has 6 nitrogen and oxygen atoms in total. The topological polar surface area (TPSA) is 79.8 Å². The molecule has 0 aromatic carbocycles. The molecule has 3 atom stereocenters. The minimum atomic E-state index is -0.106. The number of aromatic nitrogens is 3. The fraction of sp³-hybridized carbons (Fsp3) is 0.500. The number of nitrogens with zero attached hydrogens (tertiary/aromatic N) is 3. The summed E-state index contributed by atoms with van der Waals surface area (Å²) in [5.74, 6) is 0.654. The molecule has 1 saturated heterocycles. The van der Waals surface area contributed by atoms with Crippen LogP contribution in [-0.4, -0.2) is 33.2 Å². The maximum atomic E-state index is 12.5. The zero-order valence-corrected chi connectivity index (χ0v) is 13.6. The van der Waals surface area contributed by atoms with Crippen molar-refractivity contribution in [3.05, 3.63) is 24.4 Å². The van der Waals surface area contributed by atoms with Crippen molar-refractivity contribution in [2.45, 2.75) is 44.2 Å². The normalized spacial score (nSPS) is 26.7. The number of pyridine rings is 1. The van der Waals surface area contributed by atoms with Crippen LogP contribution in [0.1, 0.15) is 32.1 Å². The molecule has 2 aliphatic rings. The summed E-state index contributed by atoms with van der Waals surface area (Å²) < 4.78 is 0. The number of hydrogen-bond donors (Lipinski definition) is 2. The third-order valence-electron chi connectivity index (χ3n) is 4.72. The van der Waals surface area contributed by atoms with Crippen LogP contribution in [0.5, 0.6) is 0 Å². The van der Waals surface area contributed by atoms with Gasteiger partial charge in [-0.1, -0.05) is 30.2 Å². The lowest BCUT2D eigenvalue weighted by atomic mass is 9.85. The summed E-state index contributed by atoms with van der Waals surface area (Å²) in [6.07, 6.45) is 7.65. The van der Waals surface area contributed by atoms with Crippen molar-refractivity contribution in [1.82, 2.24) is 20.5 Å². The zero-order chi connectivity index (χ0) is 15.6. The fourth-order valence-corrected chi connectivity index (χ4v) is 4.30. The molecule has 3 unspecified atom stereocenters. The van der Waals surface area contributed by atoms with Gasteiger partial charge in [0.1, 0.15) is 5.69 Å². The van der Waals surface area contributed by atoms with E-state index in [1.54, 1.807) is 6.20 Å². The smallest absolute Gasteiger partial charge is 0.243 e. The summed E-state index contributed by atoms with van der Waals surface area (Å²) in [7, 11) is 0. The number of carbonyl (C=O) groups excluding carboxylic acids is 1. The van der Waals surface area contributed by atoms with Crippen LogP contribution in [0.25, 0.3) is 10.7 Å². The third-order valence-corrected chi connectivity index (χ3v) is 5.58. The molecule has 7 heteroatoms. The van der Waals surface area contributed by atoms with E-state index in [0.29, 0.717) is 22.1 Å². The van der Waals surface area contributed by atoms with E-state index in [1.807, 2.05) is 18.2 Å². The van der Waals surface area contributed by atoms with Gasteiger partial charge in [-0.05, 0) is 37.3 Å². The van der Waals surface area contributed by atoms with E-state index >= 15 is 0 Å². The molecule has 2 aromatic rings. The van der Waals surface area contributed by atoms with Crippen molar-refractivity contribution in [1.29, 1.82) is 0 Å². The predicted molar refractivity (Wildman–Crippen MR) is 89.1 cm³/mol. The number of anilines is 1. The lowest BCUT2D eigenvalue weighted by Gasteiger charge is -2.24. The van der Waals surface area contributed by atoms with Gasteiger partial charge in [0, 0.05) is 12.2 Å². The fourth-order valence-electron chi connectivity index (χ4n) is 3.58. The van der Waals surface area contributed by atoms with E-state index in [-0.39, 0.29) is 11.9 Å². The van der Waals surface area contributed by atoms with Crippen LogP contribution in [0.3, 0.4) is 0 Å². The van der Waals surface area contributed by atoms with Crippen LogP contribution in [0, 0.1) is 5.92 Å². The Morgan fingerprint density at radius 3 is 3.00 bits per heavy atom. The maximum Gasteiger partial charge on any atom is 0.243 e. The first kappa shape index (κ1) is 14.7. The van der Waals surface area contributed by atoms with Crippen LogP contribution >= 0.6 is 11.3 Å². The molecule has 2 N–H and O–H groups in total. The standard InChI is InChI=1S/C16H19N5OS/c22-14(13-9-10-5-1-2-6-11(10)18-13)19-16-21-20-15(23-16)12-7-3-4-8-17-12/h3-4,7-8,10-11,13,18H,1-2,5-6,9H2,(H,19,21,22). The van der Waals surface area contributed by atoms with Gasteiger partial charge in [0.15, 0.2) is 5.01 Å². The second-order valence-electron chi connectivity index (χ2n) is 6.22. The van der Waals surface area contributed by atoms with Crippen molar-refractivity contribution >= 4 is 22.4 Å². The third kappa shape index (κ3) is 3.11. The molecule has 0 radical (unpaired) electrons. The Labute approximate surface area is 138 Å². The molecule has 2 aromatic heterocycles. The highest BCUT2D eigenvalue weighted by Gasteiger charge is 2.38. The summed E-state index contributed by atoms with van der Waals surface area (Å²) in [4.78, 5) is 16.7. The zero-order valence-electron chi connectivity index (χ0n) is 12.7. The van der Waals surface area contributed by atoms with Gasteiger partial charge in [0.25, 0.3) is 0 Å². The van der Waals surface area contributed by atoms with Crippen molar-refractivity contribution in [3.8, 4) is 10.7 Å².